The summed E-state index contributed by atoms with van der Waals surface area (Å²) >= 11 is 5.81. The Bertz CT molecular complexity index is 523. The monoisotopic (exact) mass is 225 g/mol. The van der Waals surface area contributed by atoms with Crippen molar-refractivity contribution in [2.24, 2.45) is 5.73 Å². The molecule has 0 saturated carbocycles. The number of fused-ring (bicyclic) bond motifs is 1. The van der Waals surface area contributed by atoms with E-state index in [1.165, 1.54) is 0 Å². The molecule has 0 radical (unpaired) electrons. The Kier molecular flexibility index (Phi) is 2.34. The number of carbonyl (C=O) groups is 1. The molecule has 0 fully saturated rings. The van der Waals surface area contributed by atoms with Gasteiger partial charge >= 0.3 is 5.97 Å². The predicted octanol–water partition coefficient (Wildman–Crippen LogP) is 1.07. The van der Waals surface area contributed by atoms with Crippen LogP contribution in [0, 0.1) is 0 Å². The number of hydrogen-bond donors (Lipinski definition) is 2. The Hall–Kier alpha value is -1.59. The minimum Gasteiger partial charge on any atom is -0.480 e. The highest BCUT2D eigenvalue weighted by Crippen LogP contribution is 2.19. The highest BCUT2D eigenvalue weighted by Gasteiger charge is 2.15. The van der Waals surface area contributed by atoms with Gasteiger partial charge in [0.2, 0.25) is 0 Å². The number of halogens is 1. The number of imidazole rings is 1. The van der Waals surface area contributed by atoms with E-state index in [1.807, 2.05) is 0 Å². The molecule has 0 amide bonds. The number of carboxylic acid groups (broad SMARTS) is 1. The molecule has 78 valence electrons. The van der Waals surface area contributed by atoms with Gasteiger partial charge < -0.3 is 15.2 Å². The Balaban J connectivity index is 2.54. The van der Waals surface area contributed by atoms with Crippen LogP contribution in [0.1, 0.15) is 11.6 Å². The summed E-state index contributed by atoms with van der Waals surface area (Å²) in [5.41, 5.74) is 6.62. The summed E-state index contributed by atoms with van der Waals surface area (Å²) in [6.07, 6.45) is 3.22. The Morgan fingerprint density at radius 3 is 3.07 bits per heavy atom. The quantitative estimate of drug-likeness (QED) is 0.801. The van der Waals surface area contributed by atoms with E-state index >= 15 is 0 Å². The second-order valence-electron chi connectivity index (χ2n) is 3.10. The number of aromatic nitrogens is 2. The average molecular weight is 226 g/mol. The number of nitrogens with zero attached hydrogens (tertiary/aromatic N) is 2. The van der Waals surface area contributed by atoms with Crippen molar-refractivity contribution in [2.75, 3.05) is 0 Å². The van der Waals surface area contributed by atoms with Gasteiger partial charge in [-0.05, 0) is 17.7 Å². The molecule has 0 bridgehead atoms. The Morgan fingerprint density at radius 2 is 2.40 bits per heavy atom. The summed E-state index contributed by atoms with van der Waals surface area (Å²) < 4.78 is 1.69. The van der Waals surface area contributed by atoms with Crippen LogP contribution in [0.15, 0.2) is 24.7 Å². The third-order valence-corrected chi connectivity index (χ3v) is 2.43. The van der Waals surface area contributed by atoms with E-state index in [1.54, 1.807) is 29.1 Å². The molecule has 0 aliphatic carbocycles. The number of rotatable bonds is 2. The maximum Gasteiger partial charge on any atom is 0.325 e. The van der Waals surface area contributed by atoms with Crippen molar-refractivity contribution in [3.8, 4) is 0 Å². The van der Waals surface area contributed by atoms with Crippen LogP contribution in [0.3, 0.4) is 0 Å². The maximum atomic E-state index is 10.7. The van der Waals surface area contributed by atoms with Crippen LogP contribution in [-0.4, -0.2) is 20.5 Å². The van der Waals surface area contributed by atoms with Gasteiger partial charge in [-0.1, -0.05) is 11.6 Å². The molecule has 0 spiro atoms. The molecule has 1 unspecified atom stereocenters. The maximum absolute atomic E-state index is 10.7. The molecule has 0 aliphatic heterocycles. The van der Waals surface area contributed by atoms with Crippen LogP contribution in [0.5, 0.6) is 0 Å². The van der Waals surface area contributed by atoms with Gasteiger partial charge in [0.15, 0.2) is 5.15 Å². The summed E-state index contributed by atoms with van der Waals surface area (Å²) in [5, 5.41) is 9.08. The van der Waals surface area contributed by atoms with Crippen molar-refractivity contribution >= 4 is 23.1 Å². The van der Waals surface area contributed by atoms with Gasteiger partial charge in [0.25, 0.3) is 0 Å². The highest BCUT2D eigenvalue weighted by molar-refractivity contribution is 6.32. The SMILES string of the molecule is NC(C(=O)O)c1ccn2cnc(Cl)c2c1. The molecular formula is C9H8ClN3O2. The van der Waals surface area contributed by atoms with Gasteiger partial charge in [0, 0.05) is 6.20 Å². The fraction of sp³-hybridized carbons (Fsp3) is 0.111. The molecule has 0 saturated heterocycles. The average Bonchev–Trinajstić information content (AvgIpc) is 2.59. The van der Waals surface area contributed by atoms with Crippen LogP contribution in [0.4, 0.5) is 0 Å². The largest absolute Gasteiger partial charge is 0.480 e. The first-order valence-electron chi connectivity index (χ1n) is 4.20. The van der Waals surface area contributed by atoms with Crippen LogP contribution >= 0.6 is 11.6 Å². The zero-order valence-corrected chi connectivity index (χ0v) is 8.35. The van der Waals surface area contributed by atoms with Gasteiger partial charge in [-0.15, -0.1) is 0 Å². The predicted molar refractivity (Wildman–Crippen MR) is 54.8 cm³/mol. The molecule has 15 heavy (non-hydrogen) atoms. The van der Waals surface area contributed by atoms with Crippen molar-refractivity contribution in [2.45, 2.75) is 6.04 Å². The fourth-order valence-corrected chi connectivity index (χ4v) is 1.50. The van der Waals surface area contributed by atoms with Gasteiger partial charge in [-0.3, -0.25) is 4.79 Å². The highest BCUT2D eigenvalue weighted by atomic mass is 35.5. The normalized spacial score (nSPS) is 12.9. The van der Waals surface area contributed by atoms with Gasteiger partial charge in [-0.2, -0.15) is 0 Å². The summed E-state index contributed by atoms with van der Waals surface area (Å²) in [6.45, 7) is 0. The molecule has 2 aromatic heterocycles. The summed E-state index contributed by atoms with van der Waals surface area (Å²) in [5.74, 6) is -1.07. The summed E-state index contributed by atoms with van der Waals surface area (Å²) in [7, 11) is 0. The first kappa shape index (κ1) is 9.95. The minimum absolute atomic E-state index is 0.328. The standard InChI is InChI=1S/C9H8ClN3O2/c10-8-6-3-5(7(11)9(14)15)1-2-13(6)4-12-8/h1-4,7H,11H2,(H,14,15). The summed E-state index contributed by atoms with van der Waals surface area (Å²) in [6, 6.07) is 2.21. The fourth-order valence-electron chi connectivity index (χ4n) is 1.31. The number of aliphatic carboxylic acids is 1. The van der Waals surface area contributed by atoms with E-state index in [9.17, 15) is 4.79 Å². The number of pyridine rings is 1. The lowest BCUT2D eigenvalue weighted by molar-refractivity contribution is -0.138. The van der Waals surface area contributed by atoms with E-state index in [0.29, 0.717) is 16.2 Å². The molecule has 0 aromatic carbocycles. The molecule has 2 aromatic rings. The molecule has 6 heteroatoms. The molecule has 0 aliphatic rings. The van der Waals surface area contributed by atoms with E-state index in [-0.39, 0.29) is 0 Å². The van der Waals surface area contributed by atoms with Crippen molar-refractivity contribution in [3.05, 3.63) is 35.4 Å². The van der Waals surface area contributed by atoms with Crippen molar-refractivity contribution in [1.29, 1.82) is 0 Å². The minimum atomic E-state index is -1.07. The molecule has 5 nitrogen and oxygen atoms in total. The molecule has 2 heterocycles. The zero-order chi connectivity index (χ0) is 11.0. The lowest BCUT2D eigenvalue weighted by atomic mass is 10.1. The smallest absolute Gasteiger partial charge is 0.325 e. The van der Waals surface area contributed by atoms with Crippen LogP contribution in [-0.2, 0) is 4.79 Å². The Labute approximate surface area is 90.1 Å². The van der Waals surface area contributed by atoms with E-state index in [2.05, 4.69) is 4.98 Å². The first-order valence-corrected chi connectivity index (χ1v) is 4.58. The molecular weight excluding hydrogens is 218 g/mol. The third-order valence-electron chi connectivity index (χ3n) is 2.14. The number of carboxylic acids is 1. The molecule has 2 rings (SSSR count). The van der Waals surface area contributed by atoms with Crippen LogP contribution < -0.4 is 5.73 Å². The van der Waals surface area contributed by atoms with Crippen molar-refractivity contribution in [3.63, 3.8) is 0 Å². The van der Waals surface area contributed by atoms with Gasteiger partial charge in [-0.25, -0.2) is 4.98 Å². The second kappa shape index (κ2) is 3.52. The van der Waals surface area contributed by atoms with Crippen molar-refractivity contribution < 1.29 is 9.90 Å². The van der Waals surface area contributed by atoms with E-state index in [4.69, 9.17) is 22.4 Å². The number of hydrogen-bond acceptors (Lipinski definition) is 3. The topological polar surface area (TPSA) is 80.6 Å². The first-order chi connectivity index (χ1) is 7.09. The van der Waals surface area contributed by atoms with Gasteiger partial charge in [0.05, 0.1) is 5.52 Å². The Morgan fingerprint density at radius 1 is 1.67 bits per heavy atom. The van der Waals surface area contributed by atoms with Crippen LogP contribution in [0.25, 0.3) is 5.52 Å². The van der Waals surface area contributed by atoms with E-state index < -0.39 is 12.0 Å². The van der Waals surface area contributed by atoms with E-state index in [0.717, 1.165) is 0 Å². The molecule has 3 N–H and O–H groups in total. The van der Waals surface area contributed by atoms with Crippen molar-refractivity contribution in [1.82, 2.24) is 9.38 Å². The lowest BCUT2D eigenvalue weighted by Crippen LogP contribution is -2.20. The lowest BCUT2D eigenvalue weighted by Gasteiger charge is -2.06. The van der Waals surface area contributed by atoms with Crippen LogP contribution in [0.2, 0.25) is 5.15 Å². The third kappa shape index (κ3) is 1.67. The molecule has 1 atom stereocenters. The number of nitrogens with two attached hydrogens (primary N) is 1. The second-order valence-corrected chi connectivity index (χ2v) is 3.46. The summed E-state index contributed by atoms with van der Waals surface area (Å²) in [4.78, 5) is 14.6. The zero-order valence-electron chi connectivity index (χ0n) is 7.59. The van der Waals surface area contributed by atoms with Gasteiger partial charge in [0.1, 0.15) is 12.4 Å².